The fourth-order valence-electron chi connectivity index (χ4n) is 4.00. The highest BCUT2D eigenvalue weighted by atomic mass is 35.5. The van der Waals surface area contributed by atoms with E-state index in [1.807, 2.05) is 0 Å². The number of aromatic nitrogens is 1. The van der Waals surface area contributed by atoms with E-state index in [2.05, 4.69) is 4.98 Å². The van der Waals surface area contributed by atoms with Gasteiger partial charge in [0.15, 0.2) is 0 Å². The Morgan fingerprint density at radius 2 is 1.79 bits per heavy atom. The molecule has 0 spiro atoms. The van der Waals surface area contributed by atoms with Crippen molar-refractivity contribution in [3.63, 3.8) is 0 Å². The fourth-order valence-corrected chi connectivity index (χ4v) is 4.17. The largest absolute Gasteiger partial charge is 0.488 e. The first-order chi connectivity index (χ1) is 15.7. The van der Waals surface area contributed by atoms with Crippen LogP contribution in [0.4, 0.5) is 13.2 Å². The molecule has 1 aliphatic rings. The molecule has 0 saturated heterocycles. The third-order valence-corrected chi connectivity index (χ3v) is 5.86. The predicted octanol–water partition coefficient (Wildman–Crippen LogP) is 6.83. The number of aromatic carboxylic acids is 1. The van der Waals surface area contributed by atoms with Crippen molar-refractivity contribution in [3.05, 3.63) is 93.0 Å². The Labute approximate surface area is 193 Å². The molecule has 2 aromatic carbocycles. The molecule has 0 atom stereocenters. The van der Waals surface area contributed by atoms with Gasteiger partial charge in [-0.3, -0.25) is 4.98 Å². The van der Waals surface area contributed by atoms with E-state index in [4.69, 9.17) is 16.3 Å². The zero-order valence-corrected chi connectivity index (χ0v) is 18.3. The lowest BCUT2D eigenvalue weighted by atomic mass is 9.96. The number of rotatable bonds is 6. The summed E-state index contributed by atoms with van der Waals surface area (Å²) in [4.78, 5) is 15.8. The number of hydrogen-bond acceptors (Lipinski definition) is 3. The zero-order chi connectivity index (χ0) is 23.7. The van der Waals surface area contributed by atoms with Crippen molar-refractivity contribution in [2.24, 2.45) is 0 Å². The third kappa shape index (κ3) is 4.73. The van der Waals surface area contributed by atoms with Crippen molar-refractivity contribution >= 4 is 28.7 Å². The molecule has 1 N–H and O–H groups in total. The van der Waals surface area contributed by atoms with Crippen LogP contribution >= 0.6 is 11.6 Å². The first-order valence-corrected chi connectivity index (χ1v) is 10.6. The van der Waals surface area contributed by atoms with Crippen LogP contribution in [0.5, 0.6) is 5.75 Å². The van der Waals surface area contributed by atoms with Gasteiger partial charge in [-0.15, -0.1) is 0 Å². The standard InChI is InChI=1S/C25H19ClF3NO3/c1-13-19(25(31)32)7-14(11-30-13)17-3-2-4-18(17)20-8-15(26)5-6-24(20)33-12-21-22(28)9-16(27)10-23(21)29/h5-11H,2-4,12H2,1H3,(H,31,32). The average molecular weight is 474 g/mol. The van der Waals surface area contributed by atoms with Crippen LogP contribution in [-0.4, -0.2) is 16.1 Å². The summed E-state index contributed by atoms with van der Waals surface area (Å²) >= 11 is 6.23. The van der Waals surface area contributed by atoms with Gasteiger partial charge in [0.25, 0.3) is 0 Å². The lowest BCUT2D eigenvalue weighted by Gasteiger charge is -2.16. The van der Waals surface area contributed by atoms with E-state index in [-0.39, 0.29) is 11.1 Å². The molecule has 0 unspecified atom stereocenters. The summed E-state index contributed by atoms with van der Waals surface area (Å²) in [7, 11) is 0. The first-order valence-electron chi connectivity index (χ1n) is 10.2. The van der Waals surface area contributed by atoms with Crippen molar-refractivity contribution in [1.82, 2.24) is 4.98 Å². The molecule has 0 amide bonds. The number of pyridine rings is 1. The van der Waals surface area contributed by atoms with Gasteiger partial charge in [-0.05, 0) is 67.2 Å². The Morgan fingerprint density at radius 1 is 1.09 bits per heavy atom. The molecule has 0 aliphatic heterocycles. The first kappa shape index (κ1) is 22.9. The molecule has 1 heterocycles. The molecule has 0 fully saturated rings. The van der Waals surface area contributed by atoms with Gasteiger partial charge in [-0.1, -0.05) is 11.6 Å². The number of ether oxygens (including phenoxy) is 1. The maximum absolute atomic E-state index is 14.1. The van der Waals surface area contributed by atoms with Gasteiger partial charge >= 0.3 is 5.97 Å². The molecule has 0 radical (unpaired) electrons. The molecule has 0 bridgehead atoms. The Morgan fingerprint density at radius 3 is 2.48 bits per heavy atom. The van der Waals surface area contributed by atoms with Crippen LogP contribution in [0.2, 0.25) is 5.02 Å². The summed E-state index contributed by atoms with van der Waals surface area (Å²) in [6.45, 7) is 1.19. The van der Waals surface area contributed by atoms with E-state index >= 15 is 0 Å². The van der Waals surface area contributed by atoms with Crippen molar-refractivity contribution in [2.45, 2.75) is 32.8 Å². The SMILES string of the molecule is Cc1ncc(C2=C(c3cc(Cl)ccc3OCc3c(F)cc(F)cc3F)CCC2)cc1C(=O)O. The number of halogens is 4. The predicted molar refractivity (Wildman–Crippen MR) is 119 cm³/mol. The maximum atomic E-state index is 14.1. The Hall–Kier alpha value is -3.32. The molecule has 170 valence electrons. The highest BCUT2D eigenvalue weighted by molar-refractivity contribution is 6.30. The van der Waals surface area contributed by atoms with Crippen LogP contribution in [0.3, 0.4) is 0 Å². The molecule has 33 heavy (non-hydrogen) atoms. The Balaban J connectivity index is 1.74. The number of aryl methyl sites for hydroxylation is 1. The van der Waals surface area contributed by atoms with E-state index in [0.717, 1.165) is 17.6 Å². The number of hydrogen-bond donors (Lipinski definition) is 1. The lowest BCUT2D eigenvalue weighted by Crippen LogP contribution is -2.05. The van der Waals surface area contributed by atoms with E-state index in [9.17, 15) is 23.1 Å². The van der Waals surface area contributed by atoms with Gasteiger partial charge in [0.2, 0.25) is 0 Å². The minimum Gasteiger partial charge on any atom is -0.488 e. The molecular formula is C25H19ClF3NO3. The number of nitrogens with zero attached hydrogens (tertiary/aromatic N) is 1. The molecule has 1 aromatic heterocycles. The smallest absolute Gasteiger partial charge is 0.337 e. The third-order valence-electron chi connectivity index (χ3n) is 5.63. The van der Waals surface area contributed by atoms with E-state index in [1.165, 1.54) is 0 Å². The van der Waals surface area contributed by atoms with Crippen LogP contribution in [-0.2, 0) is 6.61 Å². The second-order valence-electron chi connectivity index (χ2n) is 7.75. The van der Waals surface area contributed by atoms with Gasteiger partial charge in [0.05, 0.1) is 16.8 Å². The quantitative estimate of drug-likeness (QED) is 0.426. The number of carbonyl (C=O) groups is 1. The Kier molecular flexibility index (Phi) is 6.42. The van der Waals surface area contributed by atoms with Crippen LogP contribution in [0.15, 0.2) is 42.6 Å². The topological polar surface area (TPSA) is 59.4 Å². The summed E-state index contributed by atoms with van der Waals surface area (Å²) in [5, 5.41) is 9.91. The van der Waals surface area contributed by atoms with Crippen LogP contribution in [0, 0.1) is 24.4 Å². The number of benzene rings is 2. The summed E-state index contributed by atoms with van der Waals surface area (Å²) in [5.74, 6) is -3.77. The highest BCUT2D eigenvalue weighted by Gasteiger charge is 2.23. The molecule has 4 nitrogen and oxygen atoms in total. The molecule has 3 aromatic rings. The van der Waals surface area contributed by atoms with Gasteiger partial charge in [0.1, 0.15) is 29.8 Å². The van der Waals surface area contributed by atoms with Crippen molar-refractivity contribution in [3.8, 4) is 5.75 Å². The summed E-state index contributed by atoms with van der Waals surface area (Å²) in [6.07, 6.45) is 3.85. The van der Waals surface area contributed by atoms with Gasteiger partial charge in [-0.2, -0.15) is 0 Å². The number of allylic oxidation sites excluding steroid dienone is 2. The molecular weight excluding hydrogens is 455 g/mol. The molecule has 0 saturated carbocycles. The van der Waals surface area contributed by atoms with Crippen LogP contribution in [0.1, 0.15) is 52.0 Å². The fraction of sp³-hybridized carbons (Fsp3) is 0.200. The van der Waals surface area contributed by atoms with Crippen LogP contribution in [0.25, 0.3) is 11.1 Å². The second kappa shape index (κ2) is 9.27. The van der Waals surface area contributed by atoms with Gasteiger partial charge in [-0.25, -0.2) is 18.0 Å². The molecule has 4 rings (SSSR count). The zero-order valence-electron chi connectivity index (χ0n) is 17.6. The highest BCUT2D eigenvalue weighted by Crippen LogP contribution is 2.43. The molecule has 8 heteroatoms. The molecule has 1 aliphatic carbocycles. The Bertz CT molecular complexity index is 1270. The monoisotopic (exact) mass is 473 g/mol. The average Bonchev–Trinajstić information content (AvgIpc) is 3.23. The number of carboxylic acid groups (broad SMARTS) is 1. The van der Waals surface area contributed by atoms with E-state index in [0.29, 0.717) is 52.6 Å². The summed E-state index contributed by atoms with van der Waals surface area (Å²) < 4.78 is 47.1. The van der Waals surface area contributed by atoms with Gasteiger partial charge < -0.3 is 9.84 Å². The summed E-state index contributed by atoms with van der Waals surface area (Å²) in [5.41, 5.74) is 3.30. The van der Waals surface area contributed by atoms with Gasteiger partial charge in [0, 0.05) is 28.9 Å². The normalized spacial score (nSPS) is 13.5. The van der Waals surface area contributed by atoms with Crippen LogP contribution < -0.4 is 4.74 Å². The van der Waals surface area contributed by atoms with Crippen molar-refractivity contribution < 1.29 is 27.8 Å². The van der Waals surface area contributed by atoms with Crippen molar-refractivity contribution in [2.75, 3.05) is 0 Å². The lowest BCUT2D eigenvalue weighted by molar-refractivity contribution is 0.0695. The maximum Gasteiger partial charge on any atom is 0.337 e. The van der Waals surface area contributed by atoms with E-state index in [1.54, 1.807) is 37.4 Å². The number of carboxylic acids is 1. The minimum atomic E-state index is -1.06. The van der Waals surface area contributed by atoms with E-state index < -0.39 is 30.0 Å². The second-order valence-corrected chi connectivity index (χ2v) is 8.19. The van der Waals surface area contributed by atoms with Crippen molar-refractivity contribution in [1.29, 1.82) is 0 Å². The minimum absolute atomic E-state index is 0.121. The summed E-state index contributed by atoms with van der Waals surface area (Å²) in [6, 6.07) is 7.71.